The highest BCUT2D eigenvalue weighted by atomic mass is 32.1. The molecule has 0 radical (unpaired) electrons. The topological polar surface area (TPSA) is 62.3 Å². The largest absolute Gasteiger partial charge is 0.350 e. The summed E-state index contributed by atoms with van der Waals surface area (Å²) < 4.78 is 27.1. The van der Waals surface area contributed by atoms with E-state index in [-0.39, 0.29) is 23.3 Å². The predicted molar refractivity (Wildman–Crippen MR) is 106 cm³/mol. The Kier molecular flexibility index (Phi) is 5.89. The number of amides is 2. The minimum absolute atomic E-state index is 0.0808. The van der Waals surface area contributed by atoms with Crippen molar-refractivity contribution in [3.05, 3.63) is 51.5 Å². The molecule has 0 spiro atoms. The van der Waals surface area contributed by atoms with Crippen LogP contribution in [-0.2, 0) is 11.3 Å². The third-order valence-corrected chi connectivity index (χ3v) is 6.76. The standard InChI is InChI=1S/C21H23F2N3O2S/c22-15-6-7-17(18(23)9-15)21(28)26-8-2-5-14(11-26)20-25-16(12-29-20)10-24-19(27)13-3-1-4-13/h6-7,9,12-14H,1-5,8,10-11H2,(H,24,27)/t14-/m0/s1. The van der Waals surface area contributed by atoms with Crippen molar-refractivity contribution in [1.29, 1.82) is 0 Å². The summed E-state index contributed by atoms with van der Waals surface area (Å²) in [6, 6.07) is 3.03. The molecular weight excluding hydrogens is 396 g/mol. The average Bonchev–Trinajstić information content (AvgIpc) is 3.14. The van der Waals surface area contributed by atoms with Gasteiger partial charge in [0.25, 0.3) is 5.91 Å². The summed E-state index contributed by atoms with van der Waals surface area (Å²) in [6.45, 7) is 1.42. The van der Waals surface area contributed by atoms with E-state index in [1.807, 2.05) is 5.38 Å². The highest BCUT2D eigenvalue weighted by Gasteiger charge is 2.29. The highest BCUT2D eigenvalue weighted by molar-refractivity contribution is 7.09. The van der Waals surface area contributed by atoms with Gasteiger partial charge in [-0.15, -0.1) is 11.3 Å². The second-order valence-electron chi connectivity index (χ2n) is 7.74. The maximum absolute atomic E-state index is 14.0. The number of carbonyl (C=O) groups excluding carboxylic acids is 2. The van der Waals surface area contributed by atoms with Crippen LogP contribution < -0.4 is 5.32 Å². The molecular formula is C21H23F2N3O2S. The third-order valence-electron chi connectivity index (χ3n) is 5.71. The van der Waals surface area contributed by atoms with E-state index in [0.29, 0.717) is 19.6 Å². The highest BCUT2D eigenvalue weighted by Crippen LogP contribution is 2.30. The second kappa shape index (κ2) is 8.57. The van der Waals surface area contributed by atoms with Crippen LogP contribution in [-0.4, -0.2) is 34.8 Å². The molecule has 1 saturated carbocycles. The van der Waals surface area contributed by atoms with E-state index in [0.717, 1.165) is 54.9 Å². The average molecular weight is 419 g/mol. The Morgan fingerprint density at radius 2 is 2.03 bits per heavy atom. The number of hydrogen-bond acceptors (Lipinski definition) is 4. The van der Waals surface area contributed by atoms with Crippen LogP contribution in [0.4, 0.5) is 8.78 Å². The van der Waals surface area contributed by atoms with Crippen molar-refractivity contribution < 1.29 is 18.4 Å². The number of likely N-dealkylation sites (tertiary alicyclic amines) is 1. The van der Waals surface area contributed by atoms with Gasteiger partial charge in [-0.2, -0.15) is 0 Å². The zero-order chi connectivity index (χ0) is 20.4. The number of carbonyl (C=O) groups is 2. The molecule has 0 bridgehead atoms. The summed E-state index contributed by atoms with van der Waals surface area (Å²) in [5.74, 6) is -1.63. The summed E-state index contributed by atoms with van der Waals surface area (Å²) in [7, 11) is 0. The van der Waals surface area contributed by atoms with Crippen molar-refractivity contribution >= 4 is 23.2 Å². The molecule has 1 aliphatic carbocycles. The molecule has 2 heterocycles. The first-order valence-electron chi connectivity index (χ1n) is 9.97. The number of halogens is 2. The Morgan fingerprint density at radius 1 is 1.21 bits per heavy atom. The number of thiazole rings is 1. The minimum atomic E-state index is -0.837. The Bertz CT molecular complexity index is 913. The van der Waals surface area contributed by atoms with E-state index < -0.39 is 17.5 Å². The number of aromatic nitrogens is 1. The van der Waals surface area contributed by atoms with Crippen molar-refractivity contribution in [3.8, 4) is 0 Å². The summed E-state index contributed by atoms with van der Waals surface area (Å²) in [4.78, 5) is 30.9. The number of nitrogens with zero attached hydrogens (tertiary/aromatic N) is 2. The summed E-state index contributed by atoms with van der Waals surface area (Å²) in [6.07, 6.45) is 4.75. The Balaban J connectivity index is 1.37. The van der Waals surface area contributed by atoms with Crippen LogP contribution in [0.5, 0.6) is 0 Å². The predicted octanol–water partition coefficient (Wildman–Crippen LogP) is 3.86. The Hall–Kier alpha value is -2.35. The molecule has 1 aromatic heterocycles. The SMILES string of the molecule is O=C(NCc1csc([C@H]2CCCN(C(=O)c3ccc(F)cc3F)C2)n1)C1CCC1. The molecule has 154 valence electrons. The maximum Gasteiger partial charge on any atom is 0.256 e. The van der Waals surface area contributed by atoms with Gasteiger partial charge in [0, 0.05) is 36.4 Å². The van der Waals surface area contributed by atoms with Crippen LogP contribution in [0, 0.1) is 17.6 Å². The summed E-state index contributed by atoms with van der Waals surface area (Å²) in [5, 5.41) is 5.81. The van der Waals surface area contributed by atoms with E-state index in [9.17, 15) is 18.4 Å². The van der Waals surface area contributed by atoms with Crippen LogP contribution in [0.25, 0.3) is 0 Å². The monoisotopic (exact) mass is 419 g/mol. The van der Waals surface area contributed by atoms with Crippen molar-refractivity contribution in [3.63, 3.8) is 0 Å². The van der Waals surface area contributed by atoms with Crippen molar-refractivity contribution in [2.75, 3.05) is 13.1 Å². The van der Waals surface area contributed by atoms with Crippen molar-refractivity contribution in [2.45, 2.75) is 44.6 Å². The number of rotatable bonds is 5. The van der Waals surface area contributed by atoms with Gasteiger partial charge in [0.1, 0.15) is 11.6 Å². The lowest BCUT2D eigenvalue weighted by atomic mass is 9.85. The van der Waals surface area contributed by atoms with Crippen LogP contribution >= 0.6 is 11.3 Å². The number of piperidine rings is 1. The fraction of sp³-hybridized carbons (Fsp3) is 0.476. The van der Waals surface area contributed by atoms with Gasteiger partial charge < -0.3 is 10.2 Å². The van der Waals surface area contributed by atoms with Gasteiger partial charge in [0.2, 0.25) is 5.91 Å². The lowest BCUT2D eigenvalue weighted by Gasteiger charge is -2.32. The van der Waals surface area contributed by atoms with Gasteiger partial charge in [-0.1, -0.05) is 6.42 Å². The molecule has 1 aliphatic heterocycles. The first kappa shape index (κ1) is 19.9. The molecule has 1 saturated heterocycles. The molecule has 1 N–H and O–H groups in total. The first-order chi connectivity index (χ1) is 14.0. The van der Waals surface area contributed by atoms with Crippen LogP contribution in [0.1, 0.15) is 59.1 Å². The molecule has 29 heavy (non-hydrogen) atoms. The Morgan fingerprint density at radius 3 is 2.76 bits per heavy atom. The van der Waals surface area contributed by atoms with Gasteiger partial charge in [-0.3, -0.25) is 9.59 Å². The van der Waals surface area contributed by atoms with Crippen LogP contribution in [0.2, 0.25) is 0 Å². The maximum atomic E-state index is 14.0. The molecule has 2 fully saturated rings. The lowest BCUT2D eigenvalue weighted by Crippen LogP contribution is -2.39. The van der Waals surface area contributed by atoms with Gasteiger partial charge in [0.05, 0.1) is 22.8 Å². The fourth-order valence-electron chi connectivity index (χ4n) is 3.78. The smallest absolute Gasteiger partial charge is 0.256 e. The van der Waals surface area contributed by atoms with Crippen LogP contribution in [0.15, 0.2) is 23.6 Å². The molecule has 1 aromatic carbocycles. The van der Waals surface area contributed by atoms with Gasteiger partial charge in [-0.25, -0.2) is 13.8 Å². The zero-order valence-corrected chi connectivity index (χ0v) is 16.8. The van der Waals surface area contributed by atoms with E-state index >= 15 is 0 Å². The quantitative estimate of drug-likeness (QED) is 0.801. The molecule has 4 rings (SSSR count). The van der Waals surface area contributed by atoms with Gasteiger partial charge in [0.15, 0.2) is 0 Å². The van der Waals surface area contributed by atoms with Gasteiger partial charge in [-0.05, 0) is 37.8 Å². The molecule has 2 amide bonds. The minimum Gasteiger partial charge on any atom is -0.350 e. The van der Waals surface area contributed by atoms with Gasteiger partial charge >= 0.3 is 0 Å². The molecule has 2 aromatic rings. The molecule has 8 heteroatoms. The molecule has 5 nitrogen and oxygen atoms in total. The first-order valence-corrected chi connectivity index (χ1v) is 10.9. The molecule has 1 atom stereocenters. The van der Waals surface area contributed by atoms with E-state index in [1.54, 1.807) is 4.90 Å². The zero-order valence-electron chi connectivity index (χ0n) is 16.0. The number of hydrogen-bond donors (Lipinski definition) is 1. The van der Waals surface area contributed by atoms with Crippen LogP contribution in [0.3, 0.4) is 0 Å². The molecule has 0 unspecified atom stereocenters. The van der Waals surface area contributed by atoms with Crippen molar-refractivity contribution in [2.24, 2.45) is 5.92 Å². The number of nitrogens with one attached hydrogen (secondary N) is 1. The van der Waals surface area contributed by atoms with E-state index in [4.69, 9.17) is 0 Å². The van der Waals surface area contributed by atoms with Crippen molar-refractivity contribution in [1.82, 2.24) is 15.2 Å². The summed E-state index contributed by atoms with van der Waals surface area (Å²) >= 11 is 1.53. The van der Waals surface area contributed by atoms with E-state index in [2.05, 4.69) is 10.3 Å². The number of benzene rings is 1. The molecule has 2 aliphatic rings. The lowest BCUT2D eigenvalue weighted by molar-refractivity contribution is -0.127. The Labute approximate surface area is 172 Å². The normalized spacial score (nSPS) is 19.7. The fourth-order valence-corrected chi connectivity index (χ4v) is 4.73. The van der Waals surface area contributed by atoms with E-state index in [1.165, 1.54) is 17.4 Å². The summed E-state index contributed by atoms with van der Waals surface area (Å²) in [5.41, 5.74) is 0.719. The third kappa shape index (κ3) is 4.47. The second-order valence-corrected chi connectivity index (χ2v) is 8.63.